The van der Waals surface area contributed by atoms with E-state index in [0.717, 1.165) is 16.7 Å². The van der Waals surface area contributed by atoms with Crippen LogP contribution in [0.3, 0.4) is 0 Å². The van der Waals surface area contributed by atoms with E-state index in [1.807, 2.05) is 26.0 Å². The van der Waals surface area contributed by atoms with E-state index in [9.17, 15) is 14.4 Å². The number of nitrogens with one attached hydrogen (secondary N) is 2. The van der Waals surface area contributed by atoms with E-state index in [1.165, 1.54) is 0 Å². The summed E-state index contributed by atoms with van der Waals surface area (Å²) in [6.45, 7) is 4.07. The standard InChI is InChI=1S/C21H23N5O4/c1-13-3-6-17(9-14(13)2)20(29)23-11-15-4-7-16(8-5-15)21(30)25-18(10-19(27)28)12-24-26-22/h3-9,18H,10-12H2,1-2H3,(H,23,29)(H,25,30)(H,27,28)/t18-/m0/s1. The van der Waals surface area contributed by atoms with Gasteiger partial charge in [-0.05, 0) is 60.3 Å². The number of aliphatic carboxylic acids is 1. The summed E-state index contributed by atoms with van der Waals surface area (Å²) in [6.07, 6.45) is -0.354. The Kier molecular flexibility index (Phi) is 7.96. The first-order valence-electron chi connectivity index (χ1n) is 9.28. The van der Waals surface area contributed by atoms with E-state index in [4.69, 9.17) is 10.6 Å². The Morgan fingerprint density at radius 3 is 2.30 bits per heavy atom. The van der Waals surface area contributed by atoms with Gasteiger partial charge in [-0.1, -0.05) is 23.3 Å². The van der Waals surface area contributed by atoms with Crippen molar-refractivity contribution in [1.82, 2.24) is 10.6 Å². The molecule has 2 amide bonds. The van der Waals surface area contributed by atoms with Crippen LogP contribution in [0.4, 0.5) is 0 Å². The number of hydrogen-bond donors (Lipinski definition) is 3. The second kappa shape index (κ2) is 10.6. The number of benzene rings is 2. The highest BCUT2D eigenvalue weighted by atomic mass is 16.4. The molecule has 9 nitrogen and oxygen atoms in total. The highest BCUT2D eigenvalue weighted by molar-refractivity contribution is 5.95. The fourth-order valence-corrected chi connectivity index (χ4v) is 2.72. The van der Waals surface area contributed by atoms with E-state index in [-0.39, 0.29) is 18.9 Å². The molecule has 0 heterocycles. The van der Waals surface area contributed by atoms with E-state index < -0.39 is 17.9 Å². The van der Waals surface area contributed by atoms with Gasteiger partial charge in [-0.15, -0.1) is 0 Å². The van der Waals surface area contributed by atoms with E-state index in [2.05, 4.69) is 20.7 Å². The SMILES string of the molecule is Cc1ccc(C(=O)NCc2ccc(C(=O)N[C@H](CN=[N+]=[N-])CC(=O)O)cc2)cc1C. The van der Waals surface area contributed by atoms with Gasteiger partial charge in [0.2, 0.25) is 0 Å². The van der Waals surface area contributed by atoms with Gasteiger partial charge in [-0.25, -0.2) is 0 Å². The number of amides is 2. The number of carboxylic acids is 1. The quantitative estimate of drug-likeness (QED) is 0.332. The van der Waals surface area contributed by atoms with Crippen molar-refractivity contribution in [2.45, 2.75) is 32.9 Å². The number of azide groups is 1. The average molecular weight is 409 g/mol. The highest BCUT2D eigenvalue weighted by Crippen LogP contribution is 2.10. The molecule has 0 bridgehead atoms. The van der Waals surface area contributed by atoms with Crippen LogP contribution >= 0.6 is 0 Å². The molecule has 0 saturated carbocycles. The second-order valence-corrected chi connectivity index (χ2v) is 6.86. The van der Waals surface area contributed by atoms with Gasteiger partial charge in [0.1, 0.15) is 0 Å². The number of carbonyl (C=O) groups excluding carboxylic acids is 2. The molecule has 2 rings (SSSR count). The zero-order valence-corrected chi connectivity index (χ0v) is 16.8. The molecule has 0 saturated heterocycles. The number of hydrogen-bond acceptors (Lipinski definition) is 4. The third-order valence-electron chi connectivity index (χ3n) is 4.56. The maximum atomic E-state index is 12.3. The van der Waals surface area contributed by atoms with Gasteiger partial charge < -0.3 is 15.7 Å². The van der Waals surface area contributed by atoms with Crippen LogP contribution < -0.4 is 10.6 Å². The monoisotopic (exact) mass is 409 g/mol. The third-order valence-corrected chi connectivity index (χ3v) is 4.56. The predicted octanol–water partition coefficient (Wildman–Crippen LogP) is 3.12. The van der Waals surface area contributed by atoms with Crippen LogP contribution in [0.5, 0.6) is 0 Å². The molecular formula is C21H23N5O4. The van der Waals surface area contributed by atoms with E-state index in [1.54, 1.807) is 30.3 Å². The van der Waals surface area contributed by atoms with E-state index in [0.29, 0.717) is 17.7 Å². The molecule has 2 aromatic rings. The second-order valence-electron chi connectivity index (χ2n) is 6.86. The molecule has 0 fully saturated rings. The van der Waals surface area contributed by atoms with Gasteiger partial charge in [0.15, 0.2) is 0 Å². The largest absolute Gasteiger partial charge is 0.481 e. The maximum Gasteiger partial charge on any atom is 0.305 e. The fourth-order valence-electron chi connectivity index (χ4n) is 2.72. The Bertz CT molecular complexity index is 977. The summed E-state index contributed by atoms with van der Waals surface area (Å²) in [7, 11) is 0. The van der Waals surface area contributed by atoms with Gasteiger partial charge in [-0.2, -0.15) is 0 Å². The lowest BCUT2D eigenvalue weighted by molar-refractivity contribution is -0.137. The predicted molar refractivity (Wildman–Crippen MR) is 111 cm³/mol. The fraction of sp³-hybridized carbons (Fsp3) is 0.286. The zero-order valence-electron chi connectivity index (χ0n) is 16.8. The summed E-state index contributed by atoms with van der Waals surface area (Å²) < 4.78 is 0. The molecule has 0 aliphatic carbocycles. The molecule has 30 heavy (non-hydrogen) atoms. The molecule has 0 spiro atoms. The molecule has 156 valence electrons. The van der Waals surface area contributed by atoms with Crippen molar-refractivity contribution in [2.24, 2.45) is 5.11 Å². The van der Waals surface area contributed by atoms with Gasteiger partial charge in [0.05, 0.1) is 6.42 Å². The Labute approximate surface area is 173 Å². The minimum Gasteiger partial charge on any atom is -0.481 e. The van der Waals surface area contributed by atoms with Crippen LogP contribution in [-0.2, 0) is 11.3 Å². The van der Waals surface area contributed by atoms with Crippen molar-refractivity contribution >= 4 is 17.8 Å². The van der Waals surface area contributed by atoms with Gasteiger partial charge in [0.25, 0.3) is 11.8 Å². The summed E-state index contributed by atoms with van der Waals surface area (Å²) in [5, 5.41) is 17.6. The van der Waals surface area contributed by atoms with Crippen molar-refractivity contribution in [3.05, 3.63) is 80.7 Å². The summed E-state index contributed by atoms with van der Waals surface area (Å²) in [5.41, 5.74) is 12.3. The Balaban J connectivity index is 1.95. The molecule has 1 atom stereocenters. The van der Waals surface area contributed by atoms with Crippen LogP contribution in [0.1, 0.15) is 43.8 Å². The number of nitrogens with zero attached hydrogens (tertiary/aromatic N) is 3. The third kappa shape index (κ3) is 6.65. The average Bonchev–Trinajstić information content (AvgIpc) is 2.72. The molecule has 0 aromatic heterocycles. The molecule has 0 aliphatic rings. The first kappa shape index (κ1) is 22.4. The molecule has 2 aromatic carbocycles. The Morgan fingerprint density at radius 1 is 1.03 bits per heavy atom. The lowest BCUT2D eigenvalue weighted by Gasteiger charge is -2.14. The zero-order chi connectivity index (χ0) is 22.1. The van der Waals surface area contributed by atoms with Crippen molar-refractivity contribution in [3.63, 3.8) is 0 Å². The van der Waals surface area contributed by atoms with Crippen LogP contribution in [-0.4, -0.2) is 35.5 Å². The van der Waals surface area contributed by atoms with Crippen LogP contribution in [0.15, 0.2) is 47.6 Å². The van der Waals surface area contributed by atoms with Gasteiger partial charge in [-0.3, -0.25) is 14.4 Å². The number of aryl methyl sites for hydroxylation is 2. The van der Waals surface area contributed by atoms with Crippen LogP contribution in [0.25, 0.3) is 10.4 Å². The number of rotatable bonds is 9. The van der Waals surface area contributed by atoms with Crippen LogP contribution in [0.2, 0.25) is 0 Å². The number of carbonyl (C=O) groups is 3. The smallest absolute Gasteiger partial charge is 0.305 e. The molecule has 3 N–H and O–H groups in total. The highest BCUT2D eigenvalue weighted by Gasteiger charge is 2.16. The Hall–Kier alpha value is -3.84. The minimum absolute atomic E-state index is 0.156. The molecule has 0 unspecified atom stereocenters. The normalized spacial score (nSPS) is 11.1. The number of carboxylic acid groups (broad SMARTS) is 1. The first-order valence-corrected chi connectivity index (χ1v) is 9.28. The summed E-state index contributed by atoms with van der Waals surface area (Å²) in [5.74, 6) is -1.77. The lowest BCUT2D eigenvalue weighted by atomic mass is 10.1. The summed E-state index contributed by atoms with van der Waals surface area (Å²) in [4.78, 5) is 38.1. The van der Waals surface area contributed by atoms with Crippen LogP contribution in [0, 0.1) is 13.8 Å². The topological polar surface area (TPSA) is 144 Å². The van der Waals surface area contributed by atoms with Gasteiger partial charge in [0, 0.05) is 35.2 Å². The molecular weight excluding hydrogens is 386 g/mol. The minimum atomic E-state index is -1.11. The maximum absolute atomic E-state index is 12.3. The Morgan fingerprint density at radius 2 is 1.70 bits per heavy atom. The van der Waals surface area contributed by atoms with Crippen molar-refractivity contribution in [1.29, 1.82) is 0 Å². The lowest BCUT2D eigenvalue weighted by Crippen LogP contribution is -2.38. The molecule has 9 heteroatoms. The first-order chi connectivity index (χ1) is 14.3. The van der Waals surface area contributed by atoms with Crippen molar-refractivity contribution in [3.8, 4) is 0 Å². The summed E-state index contributed by atoms with van der Waals surface area (Å²) >= 11 is 0. The van der Waals surface area contributed by atoms with E-state index >= 15 is 0 Å². The van der Waals surface area contributed by atoms with Crippen molar-refractivity contribution in [2.75, 3.05) is 6.54 Å². The van der Waals surface area contributed by atoms with Crippen molar-refractivity contribution < 1.29 is 19.5 Å². The van der Waals surface area contributed by atoms with Gasteiger partial charge >= 0.3 is 5.97 Å². The molecule has 0 radical (unpaired) electrons. The molecule has 0 aliphatic heterocycles. The summed E-state index contributed by atoms with van der Waals surface area (Å²) in [6, 6.07) is 11.3.